The van der Waals surface area contributed by atoms with Crippen molar-refractivity contribution in [2.45, 2.75) is 13.5 Å². The Morgan fingerprint density at radius 1 is 1.32 bits per heavy atom. The molecule has 5 heteroatoms. The summed E-state index contributed by atoms with van der Waals surface area (Å²) in [5.41, 5.74) is 1.03. The molecule has 2 rings (SSSR count). The molecule has 2 amide bonds. The first-order valence-corrected chi connectivity index (χ1v) is 6.37. The normalized spacial score (nSPS) is 22.3. The van der Waals surface area contributed by atoms with Gasteiger partial charge in [-0.05, 0) is 11.5 Å². The average Bonchev–Trinajstić information content (AvgIpc) is 2.79. The maximum absolute atomic E-state index is 12.0. The average molecular weight is 262 g/mol. The van der Waals surface area contributed by atoms with Gasteiger partial charge in [0.05, 0.1) is 5.92 Å². The van der Waals surface area contributed by atoms with Crippen molar-refractivity contribution in [2.24, 2.45) is 11.8 Å². The molecule has 0 saturated carbocycles. The highest BCUT2D eigenvalue weighted by Gasteiger charge is 2.36. The number of hydrogen-bond donors (Lipinski definition) is 2. The van der Waals surface area contributed by atoms with Gasteiger partial charge in [0.2, 0.25) is 0 Å². The van der Waals surface area contributed by atoms with Crippen molar-refractivity contribution < 1.29 is 14.7 Å². The number of aliphatic carboxylic acids is 1. The monoisotopic (exact) mass is 262 g/mol. The zero-order valence-electron chi connectivity index (χ0n) is 10.9. The predicted octanol–water partition coefficient (Wildman–Crippen LogP) is 1.55. The standard InChI is InChI=1S/C14H18N2O3/c1-10-8-16(9-12(10)13(17)18)14(19)15-7-11-5-3-2-4-6-11/h2-6,10,12H,7-9H2,1H3,(H,15,19)(H,17,18)/t10-,12-/m1/s1. The summed E-state index contributed by atoms with van der Waals surface area (Å²) in [6, 6.07) is 9.43. The molecular formula is C14H18N2O3. The Balaban J connectivity index is 1.86. The summed E-state index contributed by atoms with van der Waals surface area (Å²) in [7, 11) is 0. The Bertz CT molecular complexity index is 461. The first-order chi connectivity index (χ1) is 9.08. The van der Waals surface area contributed by atoms with E-state index in [4.69, 9.17) is 5.11 Å². The quantitative estimate of drug-likeness (QED) is 0.868. The van der Waals surface area contributed by atoms with Crippen LogP contribution in [-0.4, -0.2) is 35.1 Å². The van der Waals surface area contributed by atoms with Crippen molar-refractivity contribution in [3.05, 3.63) is 35.9 Å². The van der Waals surface area contributed by atoms with E-state index in [9.17, 15) is 9.59 Å². The Hall–Kier alpha value is -2.04. The first kappa shape index (κ1) is 13.4. The molecule has 1 aromatic rings. The van der Waals surface area contributed by atoms with Crippen molar-refractivity contribution in [1.82, 2.24) is 10.2 Å². The number of hydrogen-bond acceptors (Lipinski definition) is 2. The second kappa shape index (κ2) is 5.73. The molecule has 1 aromatic carbocycles. The molecule has 2 atom stereocenters. The van der Waals surface area contributed by atoms with Gasteiger partial charge in [-0.1, -0.05) is 37.3 Å². The third-order valence-electron chi connectivity index (χ3n) is 3.50. The number of amides is 2. The van der Waals surface area contributed by atoms with Crippen LogP contribution in [0.15, 0.2) is 30.3 Å². The van der Waals surface area contributed by atoms with Crippen LogP contribution < -0.4 is 5.32 Å². The third-order valence-corrected chi connectivity index (χ3v) is 3.50. The van der Waals surface area contributed by atoms with Crippen LogP contribution in [0.1, 0.15) is 12.5 Å². The van der Waals surface area contributed by atoms with E-state index in [0.29, 0.717) is 13.1 Å². The van der Waals surface area contributed by atoms with Crippen molar-refractivity contribution in [3.63, 3.8) is 0 Å². The minimum Gasteiger partial charge on any atom is -0.481 e. The molecule has 1 saturated heterocycles. The molecule has 1 aliphatic rings. The van der Waals surface area contributed by atoms with Crippen LogP contribution in [0.4, 0.5) is 4.79 Å². The van der Waals surface area contributed by atoms with Crippen LogP contribution in [-0.2, 0) is 11.3 Å². The van der Waals surface area contributed by atoms with E-state index in [1.807, 2.05) is 37.3 Å². The number of likely N-dealkylation sites (tertiary alicyclic amines) is 1. The Morgan fingerprint density at radius 3 is 2.58 bits per heavy atom. The molecule has 0 bridgehead atoms. The number of carboxylic acids is 1. The number of urea groups is 1. The van der Waals surface area contributed by atoms with Gasteiger partial charge in [-0.25, -0.2) is 4.79 Å². The summed E-state index contributed by atoms with van der Waals surface area (Å²) >= 11 is 0. The van der Waals surface area contributed by atoms with Crippen LogP contribution in [0.3, 0.4) is 0 Å². The van der Waals surface area contributed by atoms with Gasteiger partial charge >= 0.3 is 12.0 Å². The fourth-order valence-corrected chi connectivity index (χ4v) is 2.34. The fraction of sp³-hybridized carbons (Fsp3) is 0.429. The van der Waals surface area contributed by atoms with Gasteiger partial charge in [-0.2, -0.15) is 0 Å². The van der Waals surface area contributed by atoms with Gasteiger partial charge in [-0.3, -0.25) is 4.79 Å². The summed E-state index contributed by atoms with van der Waals surface area (Å²) < 4.78 is 0. The van der Waals surface area contributed by atoms with E-state index >= 15 is 0 Å². The zero-order chi connectivity index (χ0) is 13.8. The van der Waals surface area contributed by atoms with Crippen LogP contribution >= 0.6 is 0 Å². The minimum absolute atomic E-state index is 0.0000229. The summed E-state index contributed by atoms with van der Waals surface area (Å²) in [6.07, 6.45) is 0. The summed E-state index contributed by atoms with van der Waals surface area (Å²) in [4.78, 5) is 24.5. The third kappa shape index (κ3) is 3.24. The molecule has 19 heavy (non-hydrogen) atoms. The summed E-state index contributed by atoms with van der Waals surface area (Å²) in [5.74, 6) is -1.28. The lowest BCUT2D eigenvalue weighted by atomic mass is 9.99. The van der Waals surface area contributed by atoms with Crippen LogP contribution in [0, 0.1) is 11.8 Å². The maximum atomic E-state index is 12.0. The van der Waals surface area contributed by atoms with Gasteiger partial charge in [0, 0.05) is 19.6 Å². The van der Waals surface area contributed by atoms with Gasteiger partial charge < -0.3 is 15.3 Å². The molecule has 1 fully saturated rings. The van der Waals surface area contributed by atoms with Gasteiger partial charge in [-0.15, -0.1) is 0 Å². The van der Waals surface area contributed by atoms with E-state index in [2.05, 4.69) is 5.32 Å². The van der Waals surface area contributed by atoms with Crippen LogP contribution in [0.25, 0.3) is 0 Å². The smallest absolute Gasteiger partial charge is 0.317 e. The number of carboxylic acid groups (broad SMARTS) is 1. The highest BCUT2D eigenvalue weighted by atomic mass is 16.4. The summed E-state index contributed by atoms with van der Waals surface area (Å²) in [6.45, 7) is 3.11. The summed E-state index contributed by atoms with van der Waals surface area (Å²) in [5, 5.41) is 11.8. The number of carbonyl (C=O) groups excluding carboxylic acids is 1. The fourth-order valence-electron chi connectivity index (χ4n) is 2.34. The van der Waals surface area contributed by atoms with Gasteiger partial charge in [0.15, 0.2) is 0 Å². The number of rotatable bonds is 3. The van der Waals surface area contributed by atoms with E-state index in [0.717, 1.165) is 5.56 Å². The van der Waals surface area contributed by atoms with Crippen LogP contribution in [0.2, 0.25) is 0 Å². The lowest BCUT2D eigenvalue weighted by Gasteiger charge is -2.16. The topological polar surface area (TPSA) is 69.6 Å². The molecule has 1 aliphatic heterocycles. The number of carbonyl (C=O) groups is 2. The molecule has 0 spiro atoms. The zero-order valence-corrected chi connectivity index (χ0v) is 10.9. The Morgan fingerprint density at radius 2 is 2.00 bits per heavy atom. The Labute approximate surface area is 112 Å². The molecule has 2 N–H and O–H groups in total. The molecule has 5 nitrogen and oxygen atoms in total. The molecule has 102 valence electrons. The SMILES string of the molecule is C[C@@H]1CN(C(=O)NCc2ccccc2)C[C@H]1C(=O)O. The molecule has 0 unspecified atom stereocenters. The van der Waals surface area contributed by atoms with Crippen molar-refractivity contribution >= 4 is 12.0 Å². The van der Waals surface area contributed by atoms with E-state index < -0.39 is 11.9 Å². The molecule has 0 radical (unpaired) electrons. The maximum Gasteiger partial charge on any atom is 0.317 e. The van der Waals surface area contributed by atoms with Crippen molar-refractivity contribution in [3.8, 4) is 0 Å². The molecule has 0 aliphatic carbocycles. The lowest BCUT2D eigenvalue weighted by molar-refractivity contribution is -0.142. The Kier molecular flexibility index (Phi) is 4.04. The second-order valence-corrected chi connectivity index (χ2v) is 4.97. The highest BCUT2D eigenvalue weighted by molar-refractivity contribution is 5.77. The van der Waals surface area contributed by atoms with Crippen molar-refractivity contribution in [2.75, 3.05) is 13.1 Å². The predicted molar refractivity (Wildman–Crippen MR) is 70.5 cm³/mol. The largest absolute Gasteiger partial charge is 0.481 e. The molecule has 0 aromatic heterocycles. The number of benzene rings is 1. The van der Waals surface area contributed by atoms with E-state index in [1.54, 1.807) is 4.90 Å². The first-order valence-electron chi connectivity index (χ1n) is 6.37. The molecule has 1 heterocycles. The van der Waals surface area contributed by atoms with Crippen molar-refractivity contribution in [1.29, 1.82) is 0 Å². The number of nitrogens with zero attached hydrogens (tertiary/aromatic N) is 1. The molecular weight excluding hydrogens is 244 g/mol. The second-order valence-electron chi connectivity index (χ2n) is 4.97. The number of nitrogens with one attached hydrogen (secondary N) is 1. The highest BCUT2D eigenvalue weighted by Crippen LogP contribution is 2.22. The minimum atomic E-state index is -0.828. The lowest BCUT2D eigenvalue weighted by Crippen LogP contribution is -2.38. The van der Waals surface area contributed by atoms with Crippen LogP contribution in [0.5, 0.6) is 0 Å². The van der Waals surface area contributed by atoms with E-state index in [-0.39, 0.29) is 18.5 Å². The van der Waals surface area contributed by atoms with Gasteiger partial charge in [0.1, 0.15) is 0 Å². The van der Waals surface area contributed by atoms with Gasteiger partial charge in [0.25, 0.3) is 0 Å². The van der Waals surface area contributed by atoms with E-state index in [1.165, 1.54) is 0 Å².